The molecule has 0 radical (unpaired) electrons. The molecule has 24 heavy (non-hydrogen) atoms. The number of amides is 3. The van der Waals surface area contributed by atoms with Gasteiger partial charge in [-0.15, -0.1) is 11.3 Å². The molecule has 0 aliphatic carbocycles. The third-order valence-electron chi connectivity index (χ3n) is 3.48. The highest BCUT2D eigenvalue weighted by molar-refractivity contribution is 7.15. The number of aryl methyl sites for hydroxylation is 1. The molecule has 1 aromatic carbocycles. The Morgan fingerprint density at radius 3 is 2.54 bits per heavy atom. The Labute approximate surface area is 145 Å². The number of aromatic nitrogens is 1. The Hall–Kier alpha value is -2.41. The van der Waals surface area contributed by atoms with Crippen LogP contribution in [0.4, 0.5) is 4.79 Å². The molecule has 0 aliphatic heterocycles. The van der Waals surface area contributed by atoms with E-state index in [0.717, 1.165) is 21.1 Å². The van der Waals surface area contributed by atoms with Gasteiger partial charge in [-0.25, -0.2) is 9.78 Å². The fourth-order valence-corrected chi connectivity index (χ4v) is 3.16. The maximum atomic E-state index is 11.9. The number of urea groups is 1. The van der Waals surface area contributed by atoms with Crippen molar-refractivity contribution in [1.29, 1.82) is 0 Å². The fourth-order valence-electron chi connectivity index (χ4n) is 2.15. The summed E-state index contributed by atoms with van der Waals surface area (Å²) in [4.78, 5) is 30.7. The molecular weight excluding hydrogens is 324 g/mol. The van der Waals surface area contributed by atoms with Crippen molar-refractivity contribution in [2.75, 3.05) is 14.1 Å². The first-order valence-electron chi connectivity index (χ1n) is 7.65. The first-order chi connectivity index (χ1) is 11.4. The molecule has 7 heteroatoms. The van der Waals surface area contributed by atoms with E-state index in [1.807, 2.05) is 37.3 Å². The fraction of sp³-hybridized carbons (Fsp3) is 0.353. The Balaban J connectivity index is 1.94. The van der Waals surface area contributed by atoms with Crippen molar-refractivity contribution < 1.29 is 9.59 Å². The second kappa shape index (κ2) is 7.92. The van der Waals surface area contributed by atoms with E-state index >= 15 is 0 Å². The normalized spacial score (nSPS) is 11.7. The molecule has 2 rings (SSSR count). The number of hydrogen-bond donors (Lipinski definition) is 2. The summed E-state index contributed by atoms with van der Waals surface area (Å²) in [5, 5.41) is 6.34. The minimum absolute atomic E-state index is 0.148. The molecule has 0 saturated heterocycles. The van der Waals surface area contributed by atoms with Crippen LogP contribution in [0.1, 0.15) is 17.5 Å². The van der Waals surface area contributed by atoms with Crippen molar-refractivity contribution in [1.82, 2.24) is 20.5 Å². The van der Waals surface area contributed by atoms with Gasteiger partial charge in [0.15, 0.2) is 0 Å². The lowest BCUT2D eigenvalue weighted by molar-refractivity contribution is -0.130. The molecule has 3 amide bonds. The first kappa shape index (κ1) is 17.9. The molecule has 1 aromatic heterocycles. The van der Waals surface area contributed by atoms with E-state index in [-0.39, 0.29) is 11.9 Å². The molecule has 2 N–H and O–H groups in total. The minimum Gasteiger partial charge on any atom is -0.347 e. The summed E-state index contributed by atoms with van der Waals surface area (Å²) < 4.78 is 0. The quantitative estimate of drug-likeness (QED) is 0.873. The van der Waals surface area contributed by atoms with Gasteiger partial charge < -0.3 is 15.5 Å². The lowest BCUT2D eigenvalue weighted by Gasteiger charge is -2.18. The zero-order valence-corrected chi connectivity index (χ0v) is 15.1. The Morgan fingerprint density at radius 2 is 1.92 bits per heavy atom. The van der Waals surface area contributed by atoms with E-state index in [0.29, 0.717) is 6.54 Å². The average molecular weight is 346 g/mol. The highest BCUT2D eigenvalue weighted by atomic mass is 32.1. The number of nitrogens with zero attached hydrogens (tertiary/aromatic N) is 2. The van der Waals surface area contributed by atoms with E-state index in [2.05, 4.69) is 15.6 Å². The topological polar surface area (TPSA) is 74.3 Å². The molecule has 0 fully saturated rings. The third-order valence-corrected chi connectivity index (χ3v) is 4.69. The van der Waals surface area contributed by atoms with E-state index in [1.54, 1.807) is 32.4 Å². The molecule has 0 spiro atoms. The number of benzene rings is 1. The third kappa shape index (κ3) is 4.55. The van der Waals surface area contributed by atoms with Crippen LogP contribution in [0.25, 0.3) is 10.6 Å². The number of rotatable bonds is 5. The smallest absolute Gasteiger partial charge is 0.315 e. The molecule has 0 aliphatic rings. The minimum atomic E-state index is -0.567. The van der Waals surface area contributed by atoms with Crippen molar-refractivity contribution in [3.63, 3.8) is 0 Å². The number of hydrogen-bond acceptors (Lipinski definition) is 4. The van der Waals surface area contributed by atoms with Crippen molar-refractivity contribution in [3.05, 3.63) is 40.9 Å². The zero-order chi connectivity index (χ0) is 17.7. The van der Waals surface area contributed by atoms with Gasteiger partial charge in [0.1, 0.15) is 11.0 Å². The predicted molar refractivity (Wildman–Crippen MR) is 95.8 cm³/mol. The molecule has 1 unspecified atom stereocenters. The molecule has 1 heterocycles. The maximum absolute atomic E-state index is 11.9. The van der Waals surface area contributed by atoms with Gasteiger partial charge in [-0.3, -0.25) is 4.79 Å². The number of nitrogens with one attached hydrogen (secondary N) is 2. The van der Waals surface area contributed by atoms with Gasteiger partial charge in [0.25, 0.3) is 0 Å². The standard InChI is InChI=1S/C17H22N4O2S/c1-11-14(24-15(19-11)13-8-6-5-7-9-13)10-18-17(23)20-12(2)16(22)21(3)4/h5-9,12H,10H2,1-4H3,(H2,18,20,23). The van der Waals surface area contributed by atoms with Gasteiger partial charge in [0.2, 0.25) is 5.91 Å². The number of thiazole rings is 1. The van der Waals surface area contributed by atoms with Crippen molar-refractivity contribution in [2.24, 2.45) is 0 Å². The van der Waals surface area contributed by atoms with Crippen molar-refractivity contribution in [3.8, 4) is 10.6 Å². The number of carbonyl (C=O) groups is 2. The Bertz CT molecular complexity index is 713. The van der Waals surface area contributed by atoms with Crippen LogP contribution in [-0.2, 0) is 11.3 Å². The Morgan fingerprint density at radius 1 is 1.25 bits per heavy atom. The zero-order valence-electron chi connectivity index (χ0n) is 14.3. The molecule has 2 aromatic rings. The largest absolute Gasteiger partial charge is 0.347 e. The molecule has 0 saturated carbocycles. The predicted octanol–water partition coefficient (Wildman–Crippen LogP) is 2.39. The summed E-state index contributed by atoms with van der Waals surface area (Å²) in [6.45, 7) is 3.97. The van der Waals surface area contributed by atoms with Crippen molar-refractivity contribution in [2.45, 2.75) is 26.4 Å². The monoisotopic (exact) mass is 346 g/mol. The molecule has 6 nitrogen and oxygen atoms in total. The van der Waals surface area contributed by atoms with Gasteiger partial charge in [-0.05, 0) is 13.8 Å². The van der Waals surface area contributed by atoms with E-state index in [4.69, 9.17) is 0 Å². The highest BCUT2D eigenvalue weighted by Crippen LogP contribution is 2.27. The summed E-state index contributed by atoms with van der Waals surface area (Å²) in [6.07, 6.45) is 0. The van der Waals surface area contributed by atoms with E-state index < -0.39 is 6.04 Å². The maximum Gasteiger partial charge on any atom is 0.315 e. The van der Waals surface area contributed by atoms with Crippen LogP contribution in [-0.4, -0.2) is 42.0 Å². The molecule has 128 valence electrons. The van der Waals surface area contributed by atoms with Crippen LogP contribution in [0.3, 0.4) is 0 Å². The molecule has 1 atom stereocenters. The van der Waals surface area contributed by atoms with Crippen LogP contribution >= 0.6 is 11.3 Å². The van der Waals surface area contributed by atoms with Gasteiger partial charge in [-0.1, -0.05) is 30.3 Å². The molecule has 0 bridgehead atoms. The summed E-state index contributed by atoms with van der Waals surface area (Å²) in [5.74, 6) is -0.148. The van der Waals surface area contributed by atoms with Gasteiger partial charge in [0.05, 0.1) is 12.2 Å². The van der Waals surface area contributed by atoms with Crippen molar-refractivity contribution >= 4 is 23.3 Å². The van der Waals surface area contributed by atoms with Crippen LogP contribution < -0.4 is 10.6 Å². The summed E-state index contributed by atoms with van der Waals surface area (Å²) in [6, 6.07) is 9.00. The SMILES string of the molecule is Cc1nc(-c2ccccc2)sc1CNC(=O)NC(C)C(=O)N(C)C. The summed E-state index contributed by atoms with van der Waals surface area (Å²) >= 11 is 1.56. The lowest BCUT2D eigenvalue weighted by atomic mass is 10.2. The molecular formula is C17H22N4O2S. The number of likely N-dealkylation sites (N-methyl/N-ethyl adjacent to an activating group) is 1. The van der Waals surface area contributed by atoms with Crippen LogP contribution in [0.15, 0.2) is 30.3 Å². The number of carbonyl (C=O) groups excluding carboxylic acids is 2. The van der Waals surface area contributed by atoms with Gasteiger partial charge in [-0.2, -0.15) is 0 Å². The van der Waals surface area contributed by atoms with Crippen LogP contribution in [0, 0.1) is 6.92 Å². The second-order valence-electron chi connectivity index (χ2n) is 5.67. The van der Waals surface area contributed by atoms with Crippen LogP contribution in [0.2, 0.25) is 0 Å². The second-order valence-corrected chi connectivity index (χ2v) is 6.76. The summed E-state index contributed by atoms with van der Waals surface area (Å²) in [7, 11) is 3.31. The van der Waals surface area contributed by atoms with Gasteiger partial charge in [0, 0.05) is 24.5 Å². The lowest BCUT2D eigenvalue weighted by Crippen LogP contribution is -2.47. The average Bonchev–Trinajstić information content (AvgIpc) is 2.94. The Kier molecular flexibility index (Phi) is 5.92. The van der Waals surface area contributed by atoms with Gasteiger partial charge >= 0.3 is 6.03 Å². The highest BCUT2D eigenvalue weighted by Gasteiger charge is 2.17. The first-order valence-corrected chi connectivity index (χ1v) is 8.47. The van der Waals surface area contributed by atoms with E-state index in [1.165, 1.54) is 4.90 Å². The van der Waals surface area contributed by atoms with Crippen LogP contribution in [0.5, 0.6) is 0 Å². The van der Waals surface area contributed by atoms with E-state index in [9.17, 15) is 9.59 Å². The summed E-state index contributed by atoms with van der Waals surface area (Å²) in [5.41, 5.74) is 1.96.